The normalized spacial score (nSPS) is 31.5. The lowest BCUT2D eigenvalue weighted by Gasteiger charge is -2.38. The van der Waals surface area contributed by atoms with Gasteiger partial charge in [0.15, 0.2) is 0 Å². The van der Waals surface area contributed by atoms with Crippen molar-refractivity contribution in [3.05, 3.63) is 0 Å². The molecule has 1 saturated heterocycles. The second-order valence-corrected chi connectivity index (χ2v) is 8.22. The van der Waals surface area contributed by atoms with Crippen LogP contribution < -0.4 is 0 Å². The highest BCUT2D eigenvalue weighted by Gasteiger charge is 2.32. The molecule has 0 amide bonds. The SMILES string of the molecule is CC(C)[C@H]1CC[C@@H](C)C[C@H]1OC[C@@H](O)CN1CCN(CCO)CC1. The number of nitrogens with zero attached hydrogens (tertiary/aromatic N) is 2. The van der Waals surface area contributed by atoms with E-state index in [-0.39, 0.29) is 6.61 Å². The molecule has 2 aliphatic rings. The van der Waals surface area contributed by atoms with Gasteiger partial charge in [-0.15, -0.1) is 0 Å². The Morgan fingerprint density at radius 1 is 1.08 bits per heavy atom. The van der Waals surface area contributed by atoms with Gasteiger partial charge >= 0.3 is 0 Å². The van der Waals surface area contributed by atoms with Gasteiger partial charge in [0, 0.05) is 39.3 Å². The van der Waals surface area contributed by atoms with Crippen LogP contribution in [-0.2, 0) is 4.74 Å². The van der Waals surface area contributed by atoms with Crippen molar-refractivity contribution in [1.82, 2.24) is 9.80 Å². The lowest BCUT2D eigenvalue weighted by atomic mass is 9.75. The van der Waals surface area contributed by atoms with E-state index in [0.717, 1.165) is 45.1 Å². The smallest absolute Gasteiger partial charge is 0.0900 e. The number of aliphatic hydroxyl groups is 2. The summed E-state index contributed by atoms with van der Waals surface area (Å²) < 4.78 is 6.17. The third-order valence-electron chi connectivity index (χ3n) is 5.81. The summed E-state index contributed by atoms with van der Waals surface area (Å²) in [6.45, 7) is 12.9. The van der Waals surface area contributed by atoms with E-state index in [1.165, 1.54) is 12.8 Å². The van der Waals surface area contributed by atoms with Crippen molar-refractivity contribution in [1.29, 1.82) is 0 Å². The van der Waals surface area contributed by atoms with Crippen molar-refractivity contribution in [2.75, 3.05) is 52.5 Å². The van der Waals surface area contributed by atoms with Gasteiger partial charge in [-0.3, -0.25) is 9.80 Å². The summed E-state index contributed by atoms with van der Waals surface area (Å²) in [5.74, 6) is 2.02. The molecule has 2 fully saturated rings. The maximum Gasteiger partial charge on any atom is 0.0900 e. The Morgan fingerprint density at radius 3 is 2.38 bits per heavy atom. The van der Waals surface area contributed by atoms with E-state index in [1.807, 2.05) is 0 Å². The van der Waals surface area contributed by atoms with E-state index in [0.29, 0.717) is 31.1 Å². The first-order valence-electron chi connectivity index (χ1n) is 9.84. The van der Waals surface area contributed by atoms with E-state index in [2.05, 4.69) is 30.6 Å². The Labute approximate surface area is 148 Å². The van der Waals surface area contributed by atoms with Gasteiger partial charge < -0.3 is 14.9 Å². The minimum Gasteiger partial charge on any atom is -0.395 e. The van der Waals surface area contributed by atoms with Crippen LogP contribution in [0, 0.1) is 17.8 Å². The number of hydrogen-bond donors (Lipinski definition) is 2. The summed E-state index contributed by atoms with van der Waals surface area (Å²) in [5.41, 5.74) is 0. The van der Waals surface area contributed by atoms with Crippen molar-refractivity contribution in [2.24, 2.45) is 17.8 Å². The fraction of sp³-hybridized carbons (Fsp3) is 1.00. The highest BCUT2D eigenvalue weighted by Crippen LogP contribution is 2.35. The minimum atomic E-state index is -0.403. The molecule has 0 spiro atoms. The molecule has 0 radical (unpaired) electrons. The monoisotopic (exact) mass is 342 g/mol. The first-order valence-corrected chi connectivity index (χ1v) is 9.84. The molecule has 1 heterocycles. The number of rotatable bonds is 8. The molecule has 0 unspecified atom stereocenters. The minimum absolute atomic E-state index is 0.229. The van der Waals surface area contributed by atoms with Crippen LogP contribution in [0.15, 0.2) is 0 Å². The van der Waals surface area contributed by atoms with Gasteiger partial charge in [-0.25, -0.2) is 0 Å². The molecule has 5 heteroatoms. The second-order valence-electron chi connectivity index (χ2n) is 8.22. The first-order chi connectivity index (χ1) is 11.5. The van der Waals surface area contributed by atoms with Gasteiger partial charge in [0.1, 0.15) is 0 Å². The quantitative estimate of drug-likeness (QED) is 0.699. The van der Waals surface area contributed by atoms with Crippen molar-refractivity contribution < 1.29 is 14.9 Å². The third-order valence-corrected chi connectivity index (χ3v) is 5.81. The zero-order valence-corrected chi connectivity index (χ0v) is 15.9. The highest BCUT2D eigenvalue weighted by molar-refractivity contribution is 4.82. The van der Waals surface area contributed by atoms with E-state index in [9.17, 15) is 5.11 Å². The van der Waals surface area contributed by atoms with Crippen LogP contribution in [0.25, 0.3) is 0 Å². The molecule has 0 aromatic rings. The van der Waals surface area contributed by atoms with Crippen molar-refractivity contribution in [2.45, 2.75) is 52.2 Å². The van der Waals surface area contributed by atoms with Gasteiger partial charge in [0.05, 0.1) is 25.4 Å². The lowest BCUT2D eigenvalue weighted by Crippen LogP contribution is -2.49. The van der Waals surface area contributed by atoms with Crippen molar-refractivity contribution in [3.8, 4) is 0 Å². The second kappa shape index (κ2) is 10.1. The number of ether oxygens (including phenoxy) is 1. The van der Waals surface area contributed by atoms with Gasteiger partial charge in [-0.1, -0.05) is 27.2 Å². The molecular formula is C19H38N2O3. The predicted octanol–water partition coefficient (Wildman–Crippen LogP) is 1.43. The molecular weight excluding hydrogens is 304 g/mol. The van der Waals surface area contributed by atoms with Crippen LogP contribution >= 0.6 is 0 Å². The van der Waals surface area contributed by atoms with E-state index in [1.54, 1.807) is 0 Å². The van der Waals surface area contributed by atoms with Crippen LogP contribution in [0.5, 0.6) is 0 Å². The summed E-state index contributed by atoms with van der Waals surface area (Å²) in [6, 6.07) is 0. The van der Waals surface area contributed by atoms with E-state index < -0.39 is 6.10 Å². The fourth-order valence-corrected chi connectivity index (χ4v) is 4.23. The molecule has 142 valence electrons. The average molecular weight is 343 g/mol. The van der Waals surface area contributed by atoms with Gasteiger partial charge in [0.2, 0.25) is 0 Å². The summed E-state index contributed by atoms with van der Waals surface area (Å²) in [4.78, 5) is 4.58. The Bertz CT molecular complexity index is 346. The average Bonchev–Trinajstić information content (AvgIpc) is 2.55. The largest absolute Gasteiger partial charge is 0.395 e. The number of aliphatic hydroxyl groups excluding tert-OH is 2. The number of β-amino-alcohol motifs (C(OH)–C–C–N with tert-alkyl or cyclic N) is 2. The molecule has 0 aromatic carbocycles. The summed E-state index contributed by atoms with van der Waals surface area (Å²) in [7, 11) is 0. The molecule has 1 aliphatic heterocycles. The Hall–Kier alpha value is -0.200. The highest BCUT2D eigenvalue weighted by atomic mass is 16.5. The third kappa shape index (κ3) is 6.26. The molecule has 2 N–H and O–H groups in total. The van der Waals surface area contributed by atoms with Gasteiger partial charge in [0.25, 0.3) is 0 Å². The lowest BCUT2D eigenvalue weighted by molar-refractivity contribution is -0.0755. The van der Waals surface area contributed by atoms with E-state index >= 15 is 0 Å². The van der Waals surface area contributed by atoms with Crippen LogP contribution in [0.4, 0.5) is 0 Å². The topological polar surface area (TPSA) is 56.2 Å². The molecule has 4 atom stereocenters. The molecule has 24 heavy (non-hydrogen) atoms. The molecule has 2 rings (SSSR count). The Balaban J connectivity index is 1.69. The standard InChI is InChI=1S/C19H38N2O3/c1-15(2)18-5-4-16(3)12-19(18)24-14-17(23)13-21-8-6-20(7-9-21)10-11-22/h15-19,22-23H,4-14H2,1-3H3/t16-,17+,18-,19-/m1/s1. The van der Waals surface area contributed by atoms with E-state index in [4.69, 9.17) is 9.84 Å². The van der Waals surface area contributed by atoms with Gasteiger partial charge in [-0.2, -0.15) is 0 Å². The zero-order valence-electron chi connectivity index (χ0n) is 15.9. The maximum atomic E-state index is 10.4. The predicted molar refractivity (Wildman–Crippen MR) is 97.1 cm³/mol. The molecule has 1 aliphatic carbocycles. The summed E-state index contributed by atoms with van der Waals surface area (Å²) in [5, 5.41) is 19.4. The number of piperazine rings is 1. The molecule has 0 bridgehead atoms. The Kier molecular flexibility index (Phi) is 8.44. The van der Waals surface area contributed by atoms with Crippen LogP contribution in [0.2, 0.25) is 0 Å². The summed E-state index contributed by atoms with van der Waals surface area (Å²) in [6.07, 6.45) is 3.61. The van der Waals surface area contributed by atoms with Crippen molar-refractivity contribution in [3.63, 3.8) is 0 Å². The summed E-state index contributed by atoms with van der Waals surface area (Å²) >= 11 is 0. The molecule has 1 saturated carbocycles. The van der Waals surface area contributed by atoms with Crippen LogP contribution in [-0.4, -0.2) is 84.7 Å². The number of hydrogen-bond acceptors (Lipinski definition) is 5. The van der Waals surface area contributed by atoms with Crippen LogP contribution in [0.3, 0.4) is 0 Å². The van der Waals surface area contributed by atoms with Gasteiger partial charge in [-0.05, 0) is 30.6 Å². The fourth-order valence-electron chi connectivity index (χ4n) is 4.23. The van der Waals surface area contributed by atoms with Crippen molar-refractivity contribution >= 4 is 0 Å². The zero-order chi connectivity index (χ0) is 17.5. The first kappa shape index (κ1) is 20.1. The maximum absolute atomic E-state index is 10.4. The van der Waals surface area contributed by atoms with Crippen LogP contribution in [0.1, 0.15) is 40.0 Å². The Morgan fingerprint density at radius 2 is 1.75 bits per heavy atom. The molecule has 0 aromatic heterocycles. The molecule has 5 nitrogen and oxygen atoms in total.